The Morgan fingerprint density at radius 1 is 1.33 bits per heavy atom. The Bertz CT molecular complexity index is 417. The van der Waals surface area contributed by atoms with Crippen LogP contribution in [-0.2, 0) is 6.54 Å². The maximum Gasteiger partial charge on any atom is 0.104 e. The van der Waals surface area contributed by atoms with Gasteiger partial charge in [0.05, 0.1) is 0 Å². The lowest BCUT2D eigenvalue weighted by atomic mass is 10.1. The van der Waals surface area contributed by atoms with E-state index in [1.165, 1.54) is 12.0 Å². The van der Waals surface area contributed by atoms with Crippen LogP contribution in [0.2, 0.25) is 0 Å². The van der Waals surface area contributed by atoms with Crippen molar-refractivity contribution in [3.63, 3.8) is 0 Å². The number of hydrogen-bond donors (Lipinski definition) is 1. The standard InChI is InChI=1S/C16H23NO/c1-4-14(2)12-17(3)13-16-9-6-5-8-15(16)10-7-11-18/h5-6,8-9,14,18H,4,11-13H2,1-3H3. The molecule has 1 aromatic rings. The van der Waals surface area contributed by atoms with E-state index in [9.17, 15) is 0 Å². The number of benzene rings is 1. The molecule has 0 aliphatic carbocycles. The van der Waals surface area contributed by atoms with Gasteiger partial charge in [-0.25, -0.2) is 0 Å². The van der Waals surface area contributed by atoms with E-state index in [1.54, 1.807) is 0 Å². The number of hydrogen-bond acceptors (Lipinski definition) is 2. The maximum absolute atomic E-state index is 8.77. The Hall–Kier alpha value is -1.30. The van der Waals surface area contributed by atoms with Gasteiger partial charge in [-0.15, -0.1) is 0 Å². The van der Waals surface area contributed by atoms with Gasteiger partial charge in [-0.3, -0.25) is 0 Å². The van der Waals surface area contributed by atoms with Crippen molar-refractivity contribution in [2.24, 2.45) is 5.92 Å². The molecular weight excluding hydrogens is 222 g/mol. The highest BCUT2D eigenvalue weighted by molar-refractivity contribution is 5.41. The Kier molecular flexibility index (Phi) is 6.49. The van der Waals surface area contributed by atoms with Crippen molar-refractivity contribution < 1.29 is 5.11 Å². The lowest BCUT2D eigenvalue weighted by Gasteiger charge is -2.21. The van der Waals surface area contributed by atoms with Crippen LogP contribution in [0, 0.1) is 17.8 Å². The minimum atomic E-state index is -0.0863. The van der Waals surface area contributed by atoms with Crippen LogP contribution in [0.5, 0.6) is 0 Å². The Balaban J connectivity index is 2.71. The van der Waals surface area contributed by atoms with Gasteiger partial charge in [-0.05, 0) is 24.6 Å². The zero-order valence-electron chi connectivity index (χ0n) is 11.6. The SMILES string of the molecule is CCC(C)CN(C)Cc1ccccc1C#CCO. The van der Waals surface area contributed by atoms with Crippen molar-refractivity contribution in [1.29, 1.82) is 0 Å². The molecule has 1 aromatic carbocycles. The van der Waals surface area contributed by atoms with Gasteiger partial charge < -0.3 is 10.0 Å². The van der Waals surface area contributed by atoms with Crippen molar-refractivity contribution in [2.45, 2.75) is 26.8 Å². The van der Waals surface area contributed by atoms with Crippen molar-refractivity contribution in [1.82, 2.24) is 4.90 Å². The highest BCUT2D eigenvalue weighted by Crippen LogP contribution is 2.11. The summed E-state index contributed by atoms with van der Waals surface area (Å²) >= 11 is 0. The topological polar surface area (TPSA) is 23.5 Å². The van der Waals surface area contributed by atoms with Crippen molar-refractivity contribution in [3.8, 4) is 11.8 Å². The minimum Gasteiger partial charge on any atom is -0.384 e. The Labute approximate surface area is 111 Å². The third-order valence-corrected chi connectivity index (χ3v) is 3.08. The highest BCUT2D eigenvalue weighted by Gasteiger charge is 2.07. The van der Waals surface area contributed by atoms with Crippen LogP contribution in [0.25, 0.3) is 0 Å². The van der Waals surface area contributed by atoms with Gasteiger partial charge in [-0.2, -0.15) is 0 Å². The van der Waals surface area contributed by atoms with Crippen LogP contribution in [-0.4, -0.2) is 30.2 Å². The molecule has 0 radical (unpaired) electrons. The van der Waals surface area contributed by atoms with Crippen molar-refractivity contribution >= 4 is 0 Å². The molecule has 0 aliphatic rings. The summed E-state index contributed by atoms with van der Waals surface area (Å²) < 4.78 is 0. The summed E-state index contributed by atoms with van der Waals surface area (Å²) in [7, 11) is 2.14. The molecule has 18 heavy (non-hydrogen) atoms. The molecule has 1 atom stereocenters. The molecule has 1 N–H and O–H groups in total. The first kappa shape index (κ1) is 14.8. The van der Waals surface area contributed by atoms with E-state index in [1.807, 2.05) is 18.2 Å². The second-order valence-electron chi connectivity index (χ2n) is 4.83. The van der Waals surface area contributed by atoms with Gasteiger partial charge in [0.15, 0.2) is 0 Å². The van der Waals surface area contributed by atoms with Gasteiger partial charge >= 0.3 is 0 Å². The molecule has 0 amide bonds. The van der Waals surface area contributed by atoms with E-state index >= 15 is 0 Å². The second-order valence-corrected chi connectivity index (χ2v) is 4.83. The summed E-state index contributed by atoms with van der Waals surface area (Å²) in [5, 5.41) is 8.77. The van der Waals surface area contributed by atoms with Gasteiger partial charge in [0, 0.05) is 18.7 Å². The van der Waals surface area contributed by atoms with Gasteiger partial charge in [0.2, 0.25) is 0 Å². The lowest BCUT2D eigenvalue weighted by molar-refractivity contribution is 0.275. The van der Waals surface area contributed by atoms with Crippen LogP contribution in [0.3, 0.4) is 0 Å². The van der Waals surface area contributed by atoms with Gasteiger partial charge in [0.1, 0.15) is 6.61 Å². The van der Waals surface area contributed by atoms with E-state index in [2.05, 4.69) is 43.7 Å². The molecule has 1 unspecified atom stereocenters. The molecule has 2 nitrogen and oxygen atoms in total. The zero-order chi connectivity index (χ0) is 13.4. The molecule has 1 rings (SSSR count). The lowest BCUT2D eigenvalue weighted by Crippen LogP contribution is -2.24. The van der Waals surface area contributed by atoms with Crippen LogP contribution < -0.4 is 0 Å². The molecule has 2 heteroatoms. The zero-order valence-corrected chi connectivity index (χ0v) is 11.6. The van der Waals surface area contributed by atoms with E-state index < -0.39 is 0 Å². The van der Waals surface area contributed by atoms with E-state index in [0.717, 1.165) is 18.7 Å². The number of aliphatic hydroxyl groups excluding tert-OH is 1. The molecule has 0 saturated carbocycles. The summed E-state index contributed by atoms with van der Waals surface area (Å²) in [4.78, 5) is 2.33. The monoisotopic (exact) mass is 245 g/mol. The summed E-state index contributed by atoms with van der Waals surface area (Å²) in [6.45, 7) is 6.41. The first-order valence-electron chi connectivity index (χ1n) is 6.53. The third-order valence-electron chi connectivity index (χ3n) is 3.08. The molecule has 0 spiro atoms. The summed E-state index contributed by atoms with van der Waals surface area (Å²) in [6.07, 6.45) is 1.20. The average Bonchev–Trinajstić information content (AvgIpc) is 2.37. The van der Waals surface area contributed by atoms with Crippen LogP contribution >= 0.6 is 0 Å². The smallest absolute Gasteiger partial charge is 0.104 e. The molecule has 98 valence electrons. The van der Waals surface area contributed by atoms with Crippen molar-refractivity contribution in [2.75, 3.05) is 20.2 Å². The van der Waals surface area contributed by atoms with E-state index in [-0.39, 0.29) is 6.61 Å². The number of nitrogens with zero attached hydrogens (tertiary/aromatic N) is 1. The molecule has 0 heterocycles. The number of rotatable bonds is 5. The van der Waals surface area contributed by atoms with Crippen LogP contribution in [0.4, 0.5) is 0 Å². The van der Waals surface area contributed by atoms with Gasteiger partial charge in [0.25, 0.3) is 0 Å². The van der Waals surface area contributed by atoms with E-state index in [0.29, 0.717) is 5.92 Å². The Morgan fingerprint density at radius 2 is 2.06 bits per heavy atom. The maximum atomic E-state index is 8.77. The van der Waals surface area contributed by atoms with Crippen molar-refractivity contribution in [3.05, 3.63) is 35.4 Å². The first-order valence-corrected chi connectivity index (χ1v) is 6.53. The highest BCUT2D eigenvalue weighted by atomic mass is 16.2. The normalized spacial score (nSPS) is 12.1. The molecule has 0 bridgehead atoms. The fourth-order valence-electron chi connectivity index (χ4n) is 1.93. The fourth-order valence-corrected chi connectivity index (χ4v) is 1.93. The quantitative estimate of drug-likeness (QED) is 0.806. The predicted molar refractivity (Wildman–Crippen MR) is 76.2 cm³/mol. The van der Waals surface area contributed by atoms with Crippen LogP contribution in [0.15, 0.2) is 24.3 Å². The molecule has 0 saturated heterocycles. The van der Waals surface area contributed by atoms with Gasteiger partial charge in [-0.1, -0.05) is 50.3 Å². The minimum absolute atomic E-state index is 0.0863. The number of aliphatic hydroxyl groups is 1. The second kappa shape index (κ2) is 7.92. The predicted octanol–water partition coefficient (Wildman–Crippen LogP) is 2.51. The third kappa shape index (κ3) is 4.91. The largest absolute Gasteiger partial charge is 0.384 e. The fraction of sp³-hybridized carbons (Fsp3) is 0.500. The molecule has 0 fully saturated rings. The van der Waals surface area contributed by atoms with E-state index in [4.69, 9.17) is 5.11 Å². The Morgan fingerprint density at radius 3 is 2.72 bits per heavy atom. The summed E-state index contributed by atoms with van der Waals surface area (Å²) in [6, 6.07) is 8.14. The summed E-state index contributed by atoms with van der Waals surface area (Å²) in [5.41, 5.74) is 2.24. The molecule has 0 aromatic heterocycles. The average molecular weight is 245 g/mol. The van der Waals surface area contributed by atoms with Crippen LogP contribution in [0.1, 0.15) is 31.4 Å². The molecular formula is C16H23NO. The molecule has 0 aliphatic heterocycles. The summed E-state index contributed by atoms with van der Waals surface area (Å²) in [5.74, 6) is 6.44. The first-order chi connectivity index (χ1) is 8.67.